The Labute approximate surface area is 76.4 Å². The number of benzene rings is 1. The fourth-order valence-electron chi connectivity index (χ4n) is 0.636. The Balaban J connectivity index is 3.80. The largest absolute Gasteiger partial charge is 0.507 e. The number of carboxylic acid groups (broad SMARTS) is 1. The fourth-order valence-corrected chi connectivity index (χ4v) is 0.636. The summed E-state index contributed by atoms with van der Waals surface area (Å²) in [6.07, 6.45) is 0. The van der Waals surface area contributed by atoms with E-state index in [1.807, 2.05) is 0 Å². The average molecular weight is 186 g/mol. The summed E-state index contributed by atoms with van der Waals surface area (Å²) in [7, 11) is 0. The van der Waals surface area contributed by atoms with Gasteiger partial charge in [-0.05, 0) is 6.04 Å². The first-order valence-electron chi connectivity index (χ1n) is 4.49. The smallest absolute Gasteiger partial charge is 0.339 e. The first kappa shape index (κ1) is 5.52. The highest BCUT2D eigenvalue weighted by Gasteiger charge is 2.14. The number of nitro benzene ring substituents is 1. The van der Waals surface area contributed by atoms with Gasteiger partial charge in [-0.25, -0.2) is 4.79 Å². The summed E-state index contributed by atoms with van der Waals surface area (Å²) < 4.78 is 21.5. The molecule has 0 fully saturated rings. The van der Waals surface area contributed by atoms with Gasteiger partial charge < -0.3 is 10.2 Å². The predicted molar refractivity (Wildman–Crippen MR) is 41.7 cm³/mol. The lowest BCUT2D eigenvalue weighted by Crippen LogP contribution is -1.98. The van der Waals surface area contributed by atoms with Crippen molar-refractivity contribution in [1.82, 2.24) is 0 Å². The Hall–Kier alpha value is -2.11. The normalized spacial score (nSPS) is 12.8. The van der Waals surface area contributed by atoms with Crippen molar-refractivity contribution < 1.29 is 24.0 Å². The minimum Gasteiger partial charge on any atom is -0.507 e. The van der Waals surface area contributed by atoms with Crippen LogP contribution in [0.25, 0.3) is 0 Å². The molecule has 13 heavy (non-hydrogen) atoms. The molecule has 0 radical (unpaired) electrons. The molecule has 1 aromatic rings. The van der Waals surface area contributed by atoms with Crippen molar-refractivity contribution >= 4 is 11.7 Å². The first-order chi connectivity index (χ1) is 7.29. The average Bonchev–Trinajstić information content (AvgIpc) is 2.13. The van der Waals surface area contributed by atoms with E-state index in [0.29, 0.717) is 0 Å². The Kier molecular flexibility index (Phi) is 1.31. The van der Waals surface area contributed by atoms with Crippen LogP contribution in [-0.4, -0.2) is 21.1 Å². The van der Waals surface area contributed by atoms with Gasteiger partial charge in [0.15, 0.2) is 0 Å². The molecular formula is C7H5NO5. The predicted octanol–water partition coefficient (Wildman–Crippen LogP) is 0.999. The van der Waals surface area contributed by atoms with Gasteiger partial charge in [-0.15, -0.1) is 0 Å². The molecule has 68 valence electrons. The van der Waals surface area contributed by atoms with Crippen molar-refractivity contribution in [3.05, 3.63) is 33.8 Å². The van der Waals surface area contributed by atoms with E-state index < -0.39 is 46.0 Å². The molecule has 1 rings (SSSR count). The second-order valence-corrected chi connectivity index (χ2v) is 2.01. The SMILES string of the molecule is [2H]c1c([2H])c([N+](=O)[O-])c([2H])c(C(=O)O)c1O. The van der Waals surface area contributed by atoms with E-state index in [0.717, 1.165) is 0 Å². The molecule has 0 saturated heterocycles. The maximum Gasteiger partial charge on any atom is 0.339 e. The number of nitrogens with zero attached hydrogens (tertiary/aromatic N) is 1. The lowest BCUT2D eigenvalue weighted by atomic mass is 10.2. The zero-order valence-corrected chi connectivity index (χ0v) is 6.07. The number of aromatic carboxylic acids is 1. The maximum atomic E-state index is 10.6. The Morgan fingerprint density at radius 2 is 2.23 bits per heavy atom. The zero-order chi connectivity index (χ0) is 12.6. The summed E-state index contributed by atoms with van der Waals surface area (Å²) >= 11 is 0. The van der Waals surface area contributed by atoms with Crippen molar-refractivity contribution in [3.63, 3.8) is 0 Å². The number of hydrogen-bond donors (Lipinski definition) is 2. The number of carbonyl (C=O) groups is 1. The topological polar surface area (TPSA) is 101 Å². The van der Waals surface area contributed by atoms with E-state index >= 15 is 0 Å². The number of aromatic hydroxyl groups is 1. The maximum absolute atomic E-state index is 10.6. The highest BCUT2D eigenvalue weighted by molar-refractivity contribution is 5.91. The highest BCUT2D eigenvalue weighted by atomic mass is 16.6. The van der Waals surface area contributed by atoms with Crippen LogP contribution >= 0.6 is 0 Å². The van der Waals surface area contributed by atoms with Crippen LogP contribution in [0.2, 0.25) is 0 Å². The van der Waals surface area contributed by atoms with Crippen molar-refractivity contribution in [3.8, 4) is 5.75 Å². The van der Waals surface area contributed by atoms with Crippen LogP contribution in [0.4, 0.5) is 5.69 Å². The molecule has 6 heteroatoms. The van der Waals surface area contributed by atoms with Gasteiger partial charge in [-0.1, -0.05) is 0 Å². The molecule has 2 N–H and O–H groups in total. The van der Waals surface area contributed by atoms with E-state index in [9.17, 15) is 20.0 Å². The van der Waals surface area contributed by atoms with Gasteiger partial charge in [-0.3, -0.25) is 10.1 Å². The van der Waals surface area contributed by atoms with Crippen LogP contribution in [-0.2, 0) is 0 Å². The van der Waals surface area contributed by atoms with Gasteiger partial charge >= 0.3 is 5.97 Å². The Bertz CT molecular complexity index is 460. The van der Waals surface area contributed by atoms with Crippen LogP contribution in [0.5, 0.6) is 5.75 Å². The number of rotatable bonds is 2. The Morgan fingerprint density at radius 3 is 2.69 bits per heavy atom. The summed E-state index contributed by atoms with van der Waals surface area (Å²) in [5.41, 5.74) is -2.16. The third kappa shape index (κ3) is 1.73. The molecule has 0 heterocycles. The van der Waals surface area contributed by atoms with Gasteiger partial charge in [0, 0.05) is 12.1 Å². The molecule has 0 aliphatic carbocycles. The van der Waals surface area contributed by atoms with Crippen molar-refractivity contribution in [2.45, 2.75) is 0 Å². The molecule has 0 unspecified atom stereocenters. The summed E-state index contributed by atoms with van der Waals surface area (Å²) in [5.74, 6) is -2.88. The van der Waals surface area contributed by atoms with Gasteiger partial charge in [0.05, 0.1) is 9.04 Å². The van der Waals surface area contributed by atoms with Crippen molar-refractivity contribution in [2.24, 2.45) is 0 Å². The molecule has 0 bridgehead atoms. The van der Waals surface area contributed by atoms with Crippen LogP contribution < -0.4 is 0 Å². The molecule has 0 atom stereocenters. The van der Waals surface area contributed by atoms with Crippen LogP contribution in [0.3, 0.4) is 0 Å². The molecule has 0 saturated carbocycles. The molecule has 6 nitrogen and oxygen atoms in total. The van der Waals surface area contributed by atoms with E-state index in [2.05, 4.69) is 0 Å². The standard InChI is InChI=1S/C7H5NO5/c9-6-2-1-4(8(12)13)3-5(6)7(10)11/h1-3,9H,(H,10,11)/i1D,2D,3D. The van der Waals surface area contributed by atoms with E-state index in [4.69, 9.17) is 9.22 Å². The van der Waals surface area contributed by atoms with Gasteiger partial charge in [0.2, 0.25) is 0 Å². The van der Waals surface area contributed by atoms with Crippen molar-refractivity contribution in [2.75, 3.05) is 0 Å². The minimum absolute atomic E-state index is 0.986. The molecular weight excluding hydrogens is 178 g/mol. The molecule has 0 aromatic heterocycles. The molecule has 0 spiro atoms. The second-order valence-electron chi connectivity index (χ2n) is 2.01. The summed E-state index contributed by atoms with van der Waals surface area (Å²) in [5, 5.41) is 28.3. The van der Waals surface area contributed by atoms with Gasteiger partial charge in [0.1, 0.15) is 11.3 Å². The number of phenols is 1. The van der Waals surface area contributed by atoms with Crippen LogP contribution in [0.15, 0.2) is 18.1 Å². The monoisotopic (exact) mass is 186 g/mol. The lowest BCUT2D eigenvalue weighted by molar-refractivity contribution is -0.384. The highest BCUT2D eigenvalue weighted by Crippen LogP contribution is 2.22. The minimum atomic E-state index is -1.76. The molecule has 0 aliphatic rings. The van der Waals surface area contributed by atoms with Crippen LogP contribution in [0.1, 0.15) is 14.5 Å². The first-order valence-corrected chi connectivity index (χ1v) is 2.99. The number of carboxylic acids is 1. The number of hydrogen-bond acceptors (Lipinski definition) is 4. The molecule has 1 aromatic carbocycles. The van der Waals surface area contributed by atoms with E-state index in [-0.39, 0.29) is 0 Å². The van der Waals surface area contributed by atoms with Crippen LogP contribution in [0, 0.1) is 10.1 Å². The summed E-state index contributed by atoms with van der Waals surface area (Å²) in [6.45, 7) is 0. The zero-order valence-electron chi connectivity index (χ0n) is 9.07. The Morgan fingerprint density at radius 1 is 1.62 bits per heavy atom. The molecule has 0 amide bonds. The van der Waals surface area contributed by atoms with Gasteiger partial charge in [0.25, 0.3) is 5.69 Å². The number of nitro groups is 1. The third-order valence-electron chi connectivity index (χ3n) is 1.18. The third-order valence-corrected chi connectivity index (χ3v) is 1.18. The quantitative estimate of drug-likeness (QED) is 0.530. The van der Waals surface area contributed by atoms with Crippen molar-refractivity contribution in [1.29, 1.82) is 0 Å². The lowest BCUT2D eigenvalue weighted by Gasteiger charge is -1.97. The van der Waals surface area contributed by atoms with E-state index in [1.165, 1.54) is 0 Å². The summed E-state index contributed by atoms with van der Waals surface area (Å²) in [4.78, 5) is 20.0. The summed E-state index contributed by atoms with van der Waals surface area (Å²) in [6, 6.07) is -3.06. The van der Waals surface area contributed by atoms with Gasteiger partial charge in [-0.2, -0.15) is 0 Å². The van der Waals surface area contributed by atoms with E-state index in [1.54, 1.807) is 0 Å². The fraction of sp³-hybridized carbons (Fsp3) is 0. The molecule has 0 aliphatic heterocycles. The second kappa shape index (κ2) is 3.10.